The van der Waals surface area contributed by atoms with Gasteiger partial charge in [-0.3, -0.25) is 0 Å². The predicted molar refractivity (Wildman–Crippen MR) is 56.5 cm³/mol. The third kappa shape index (κ3) is 2.47. The molecule has 0 aliphatic heterocycles. The molecule has 0 aliphatic rings. The van der Waals surface area contributed by atoms with E-state index in [0.29, 0.717) is 11.7 Å². The van der Waals surface area contributed by atoms with Crippen molar-refractivity contribution in [2.24, 2.45) is 0 Å². The molecule has 0 saturated heterocycles. The molecule has 4 heteroatoms. The Balaban J connectivity index is 1.98. The van der Waals surface area contributed by atoms with Crippen LogP contribution in [0.25, 0.3) is 11.7 Å². The standard InChI is InChI=1S/C11H14N2O2/c1-12-6-2-4-9-8-15-11(13-9)10-5-3-7-14-10/h3,5,7-8,12H,2,4,6H2,1H3. The summed E-state index contributed by atoms with van der Waals surface area (Å²) in [4.78, 5) is 4.34. The summed E-state index contributed by atoms with van der Waals surface area (Å²) in [6.45, 7) is 0.989. The van der Waals surface area contributed by atoms with Gasteiger partial charge in [0, 0.05) is 0 Å². The van der Waals surface area contributed by atoms with Gasteiger partial charge in [0.05, 0.1) is 12.0 Å². The highest BCUT2D eigenvalue weighted by Crippen LogP contribution is 2.19. The van der Waals surface area contributed by atoms with Crippen molar-refractivity contribution in [2.45, 2.75) is 12.8 Å². The van der Waals surface area contributed by atoms with Crippen molar-refractivity contribution < 1.29 is 8.83 Å². The van der Waals surface area contributed by atoms with E-state index in [2.05, 4.69) is 10.3 Å². The summed E-state index contributed by atoms with van der Waals surface area (Å²) in [5.74, 6) is 1.23. The Morgan fingerprint density at radius 3 is 3.07 bits per heavy atom. The van der Waals surface area contributed by atoms with E-state index in [0.717, 1.165) is 25.1 Å². The Hall–Kier alpha value is -1.55. The lowest BCUT2D eigenvalue weighted by molar-refractivity contribution is 0.517. The van der Waals surface area contributed by atoms with Gasteiger partial charge in [0.1, 0.15) is 6.26 Å². The maximum Gasteiger partial charge on any atom is 0.262 e. The van der Waals surface area contributed by atoms with Crippen LogP contribution >= 0.6 is 0 Å². The maximum atomic E-state index is 5.31. The fraction of sp³-hybridized carbons (Fsp3) is 0.364. The van der Waals surface area contributed by atoms with E-state index in [4.69, 9.17) is 8.83 Å². The first-order chi connectivity index (χ1) is 7.40. The number of furan rings is 1. The maximum absolute atomic E-state index is 5.31. The van der Waals surface area contributed by atoms with Crippen molar-refractivity contribution >= 4 is 0 Å². The Labute approximate surface area is 88.3 Å². The number of nitrogens with zero attached hydrogens (tertiary/aromatic N) is 1. The summed E-state index contributed by atoms with van der Waals surface area (Å²) in [5, 5.41) is 3.10. The van der Waals surface area contributed by atoms with Crippen LogP contribution in [0.3, 0.4) is 0 Å². The van der Waals surface area contributed by atoms with Gasteiger partial charge in [0.2, 0.25) is 0 Å². The third-order valence-corrected chi connectivity index (χ3v) is 2.14. The van der Waals surface area contributed by atoms with E-state index in [1.807, 2.05) is 19.2 Å². The van der Waals surface area contributed by atoms with E-state index in [1.165, 1.54) is 0 Å². The van der Waals surface area contributed by atoms with Crippen LogP contribution in [0.4, 0.5) is 0 Å². The van der Waals surface area contributed by atoms with E-state index in [9.17, 15) is 0 Å². The van der Waals surface area contributed by atoms with Gasteiger partial charge >= 0.3 is 0 Å². The van der Waals surface area contributed by atoms with Crippen LogP contribution in [0.5, 0.6) is 0 Å². The van der Waals surface area contributed by atoms with Gasteiger partial charge in [-0.2, -0.15) is 0 Å². The molecule has 0 unspecified atom stereocenters. The minimum Gasteiger partial charge on any atom is -0.459 e. The molecular formula is C11H14N2O2. The second-order valence-corrected chi connectivity index (χ2v) is 3.33. The van der Waals surface area contributed by atoms with Gasteiger partial charge in [0.15, 0.2) is 5.76 Å². The van der Waals surface area contributed by atoms with E-state index < -0.39 is 0 Å². The smallest absolute Gasteiger partial charge is 0.262 e. The van der Waals surface area contributed by atoms with Gasteiger partial charge in [-0.15, -0.1) is 0 Å². The zero-order chi connectivity index (χ0) is 10.5. The summed E-state index contributed by atoms with van der Waals surface area (Å²) in [5.41, 5.74) is 0.969. The Morgan fingerprint density at radius 2 is 2.33 bits per heavy atom. The first kappa shape index (κ1) is 9.98. The molecule has 0 bridgehead atoms. The molecule has 80 valence electrons. The molecule has 0 aliphatic carbocycles. The molecular weight excluding hydrogens is 192 g/mol. The molecule has 0 radical (unpaired) electrons. The number of hydrogen-bond acceptors (Lipinski definition) is 4. The van der Waals surface area contributed by atoms with Crippen LogP contribution in [0, 0.1) is 0 Å². The van der Waals surface area contributed by atoms with Crippen molar-refractivity contribution in [1.82, 2.24) is 10.3 Å². The molecule has 2 aromatic rings. The summed E-state index contributed by atoms with van der Waals surface area (Å²) in [7, 11) is 1.94. The highest BCUT2D eigenvalue weighted by atomic mass is 16.4. The van der Waals surface area contributed by atoms with Gasteiger partial charge in [-0.05, 0) is 38.6 Å². The van der Waals surface area contributed by atoms with Crippen LogP contribution in [-0.2, 0) is 6.42 Å². The number of rotatable bonds is 5. The first-order valence-corrected chi connectivity index (χ1v) is 5.03. The number of aryl methyl sites for hydroxylation is 1. The Morgan fingerprint density at radius 1 is 1.40 bits per heavy atom. The number of oxazole rings is 1. The highest BCUT2D eigenvalue weighted by Gasteiger charge is 2.08. The zero-order valence-corrected chi connectivity index (χ0v) is 8.69. The van der Waals surface area contributed by atoms with Crippen LogP contribution < -0.4 is 5.32 Å². The average Bonchev–Trinajstić information content (AvgIpc) is 2.87. The third-order valence-electron chi connectivity index (χ3n) is 2.14. The summed E-state index contributed by atoms with van der Waals surface area (Å²) in [6, 6.07) is 3.66. The van der Waals surface area contributed by atoms with Crippen molar-refractivity contribution in [3.05, 3.63) is 30.4 Å². The summed E-state index contributed by atoms with van der Waals surface area (Å²) in [6.07, 6.45) is 5.28. The Kier molecular flexibility index (Phi) is 3.19. The lowest BCUT2D eigenvalue weighted by Crippen LogP contribution is -2.08. The Bertz CT molecular complexity index is 392. The van der Waals surface area contributed by atoms with Gasteiger partial charge in [0.25, 0.3) is 5.89 Å². The molecule has 0 aromatic carbocycles. The highest BCUT2D eigenvalue weighted by molar-refractivity contribution is 5.43. The predicted octanol–water partition coefficient (Wildman–Crippen LogP) is 2.09. The first-order valence-electron chi connectivity index (χ1n) is 5.03. The second-order valence-electron chi connectivity index (χ2n) is 3.33. The SMILES string of the molecule is CNCCCc1coc(-c2ccco2)n1. The van der Waals surface area contributed by atoms with Gasteiger partial charge < -0.3 is 14.2 Å². The van der Waals surface area contributed by atoms with Crippen LogP contribution in [0.2, 0.25) is 0 Å². The molecule has 0 amide bonds. The lowest BCUT2D eigenvalue weighted by atomic mass is 10.2. The van der Waals surface area contributed by atoms with Crippen molar-refractivity contribution in [3.8, 4) is 11.7 Å². The second kappa shape index (κ2) is 4.79. The van der Waals surface area contributed by atoms with Crippen LogP contribution in [0.1, 0.15) is 12.1 Å². The molecule has 2 heterocycles. The molecule has 0 fully saturated rings. The fourth-order valence-electron chi connectivity index (χ4n) is 1.38. The van der Waals surface area contributed by atoms with Gasteiger partial charge in [-0.25, -0.2) is 4.98 Å². The van der Waals surface area contributed by atoms with E-state index in [-0.39, 0.29) is 0 Å². The minimum absolute atomic E-state index is 0.555. The topological polar surface area (TPSA) is 51.2 Å². The summed E-state index contributed by atoms with van der Waals surface area (Å²) >= 11 is 0. The zero-order valence-electron chi connectivity index (χ0n) is 8.69. The number of hydrogen-bond donors (Lipinski definition) is 1. The minimum atomic E-state index is 0.555. The van der Waals surface area contributed by atoms with Crippen LogP contribution in [-0.4, -0.2) is 18.6 Å². The van der Waals surface area contributed by atoms with E-state index >= 15 is 0 Å². The largest absolute Gasteiger partial charge is 0.459 e. The van der Waals surface area contributed by atoms with Crippen molar-refractivity contribution in [2.75, 3.05) is 13.6 Å². The van der Waals surface area contributed by atoms with Crippen molar-refractivity contribution in [3.63, 3.8) is 0 Å². The number of aromatic nitrogens is 1. The fourth-order valence-corrected chi connectivity index (χ4v) is 1.38. The molecule has 15 heavy (non-hydrogen) atoms. The molecule has 1 N–H and O–H groups in total. The van der Waals surface area contributed by atoms with Gasteiger partial charge in [-0.1, -0.05) is 0 Å². The molecule has 2 aromatic heterocycles. The molecule has 4 nitrogen and oxygen atoms in total. The number of nitrogens with one attached hydrogen (secondary N) is 1. The van der Waals surface area contributed by atoms with Crippen LogP contribution in [0.15, 0.2) is 33.5 Å². The monoisotopic (exact) mass is 206 g/mol. The van der Waals surface area contributed by atoms with Crippen molar-refractivity contribution in [1.29, 1.82) is 0 Å². The van der Waals surface area contributed by atoms with E-state index in [1.54, 1.807) is 12.5 Å². The average molecular weight is 206 g/mol. The molecule has 2 rings (SSSR count). The molecule has 0 spiro atoms. The lowest BCUT2D eigenvalue weighted by Gasteiger charge is -1.94. The molecule has 0 atom stereocenters. The molecule has 0 saturated carbocycles. The summed E-state index contributed by atoms with van der Waals surface area (Å²) < 4.78 is 10.5. The quantitative estimate of drug-likeness (QED) is 0.761. The normalized spacial score (nSPS) is 10.7.